The van der Waals surface area contributed by atoms with Crippen LogP contribution in [0.4, 0.5) is 11.8 Å². The van der Waals surface area contributed by atoms with E-state index in [-0.39, 0.29) is 5.95 Å². The lowest BCUT2D eigenvalue weighted by Gasteiger charge is -2.15. The fourth-order valence-corrected chi connectivity index (χ4v) is 2.85. The number of anilines is 2. The van der Waals surface area contributed by atoms with Crippen LogP contribution in [0.5, 0.6) is 0 Å². The molecule has 0 fully saturated rings. The molecule has 0 saturated heterocycles. The lowest BCUT2D eigenvalue weighted by atomic mass is 9.91. The van der Waals surface area contributed by atoms with E-state index in [0.717, 1.165) is 31.2 Å². The molecule has 0 aliphatic rings. The molecular formula is C17H24N4. The van der Waals surface area contributed by atoms with Gasteiger partial charge in [0.25, 0.3) is 0 Å². The van der Waals surface area contributed by atoms with Gasteiger partial charge in [0, 0.05) is 18.2 Å². The number of benzene rings is 1. The maximum Gasteiger partial charge on any atom is 0.221 e. The number of aromatic nitrogens is 2. The molecule has 0 unspecified atom stereocenters. The molecule has 0 aliphatic carbocycles. The topological polar surface area (TPSA) is 77.8 Å². The van der Waals surface area contributed by atoms with Crippen LogP contribution in [0.25, 0.3) is 0 Å². The van der Waals surface area contributed by atoms with Crippen molar-refractivity contribution in [1.29, 1.82) is 0 Å². The minimum absolute atomic E-state index is 0.223. The first-order chi connectivity index (χ1) is 10.1. The van der Waals surface area contributed by atoms with E-state index in [9.17, 15) is 0 Å². The van der Waals surface area contributed by atoms with Crippen LogP contribution in [0.2, 0.25) is 0 Å². The molecule has 0 radical (unpaired) electrons. The minimum Gasteiger partial charge on any atom is -0.383 e. The Morgan fingerprint density at radius 1 is 0.905 bits per heavy atom. The van der Waals surface area contributed by atoms with Crippen molar-refractivity contribution in [3.8, 4) is 0 Å². The number of hydrogen-bond donors (Lipinski definition) is 2. The molecule has 4 N–H and O–H groups in total. The molecule has 0 spiro atoms. The third-order valence-electron chi connectivity index (χ3n) is 3.92. The summed E-state index contributed by atoms with van der Waals surface area (Å²) in [6.45, 7) is 6.63. The minimum atomic E-state index is 0.223. The molecule has 0 bridgehead atoms. The summed E-state index contributed by atoms with van der Waals surface area (Å²) in [5.74, 6) is 0.694. The summed E-state index contributed by atoms with van der Waals surface area (Å²) in [5.41, 5.74) is 18.0. The van der Waals surface area contributed by atoms with Crippen molar-refractivity contribution in [3.63, 3.8) is 0 Å². The van der Waals surface area contributed by atoms with Crippen molar-refractivity contribution in [3.05, 3.63) is 46.1 Å². The Bertz CT molecular complexity index is 610. The second kappa shape index (κ2) is 6.57. The predicted molar refractivity (Wildman–Crippen MR) is 88.2 cm³/mol. The Morgan fingerprint density at radius 3 is 2.00 bits per heavy atom. The summed E-state index contributed by atoms with van der Waals surface area (Å²) >= 11 is 0. The van der Waals surface area contributed by atoms with Crippen molar-refractivity contribution in [2.45, 2.75) is 46.5 Å². The Labute approximate surface area is 126 Å². The van der Waals surface area contributed by atoms with Crippen molar-refractivity contribution in [2.75, 3.05) is 11.5 Å². The average Bonchev–Trinajstić information content (AvgIpc) is 2.49. The molecule has 112 valence electrons. The van der Waals surface area contributed by atoms with E-state index >= 15 is 0 Å². The zero-order valence-corrected chi connectivity index (χ0v) is 13.1. The SMILES string of the molecule is CCc1cc(Cc2cnc(N)nc2N)cc(CC)c1CC. The third kappa shape index (κ3) is 3.32. The molecule has 0 amide bonds. The standard InChI is InChI=1S/C17H24N4/c1-4-12-7-11(8-13(5-2)15(12)6-3)9-14-10-20-17(19)21-16(14)18/h7-8,10H,4-6,9H2,1-3H3,(H4,18,19,20,21). The molecule has 0 aliphatic heterocycles. The highest BCUT2D eigenvalue weighted by atomic mass is 15.0. The van der Waals surface area contributed by atoms with Gasteiger partial charge in [-0.2, -0.15) is 4.98 Å². The third-order valence-corrected chi connectivity index (χ3v) is 3.92. The summed E-state index contributed by atoms with van der Waals surface area (Å²) in [4.78, 5) is 8.07. The van der Waals surface area contributed by atoms with E-state index in [1.54, 1.807) is 6.20 Å². The Morgan fingerprint density at radius 2 is 1.52 bits per heavy atom. The van der Waals surface area contributed by atoms with E-state index in [2.05, 4.69) is 42.9 Å². The van der Waals surface area contributed by atoms with Crippen molar-refractivity contribution in [1.82, 2.24) is 9.97 Å². The van der Waals surface area contributed by atoms with E-state index in [1.807, 2.05) is 0 Å². The first kappa shape index (κ1) is 15.3. The monoisotopic (exact) mass is 284 g/mol. The van der Waals surface area contributed by atoms with E-state index in [1.165, 1.54) is 22.3 Å². The largest absolute Gasteiger partial charge is 0.383 e. The predicted octanol–water partition coefficient (Wildman–Crippen LogP) is 2.92. The molecule has 21 heavy (non-hydrogen) atoms. The summed E-state index contributed by atoms with van der Waals surface area (Å²) in [5, 5.41) is 0. The normalized spacial score (nSPS) is 10.8. The molecule has 4 nitrogen and oxygen atoms in total. The first-order valence-electron chi connectivity index (χ1n) is 7.59. The van der Waals surface area contributed by atoms with Crippen LogP contribution in [0.1, 0.15) is 48.6 Å². The highest BCUT2D eigenvalue weighted by molar-refractivity contribution is 5.46. The number of nitrogen functional groups attached to an aromatic ring is 2. The molecule has 2 aromatic rings. The van der Waals surface area contributed by atoms with Gasteiger partial charge in [0.1, 0.15) is 5.82 Å². The quantitative estimate of drug-likeness (QED) is 0.885. The molecular weight excluding hydrogens is 260 g/mol. The van der Waals surface area contributed by atoms with Crippen LogP contribution < -0.4 is 11.5 Å². The van der Waals surface area contributed by atoms with Gasteiger partial charge >= 0.3 is 0 Å². The number of nitrogens with two attached hydrogens (primary N) is 2. The first-order valence-corrected chi connectivity index (χ1v) is 7.59. The molecule has 0 saturated carbocycles. The lowest BCUT2D eigenvalue weighted by molar-refractivity contribution is 0.965. The smallest absolute Gasteiger partial charge is 0.221 e. The summed E-state index contributed by atoms with van der Waals surface area (Å²) < 4.78 is 0. The fourth-order valence-electron chi connectivity index (χ4n) is 2.85. The van der Waals surface area contributed by atoms with Crippen LogP contribution in [-0.4, -0.2) is 9.97 Å². The number of aryl methyl sites for hydroxylation is 2. The van der Waals surface area contributed by atoms with Crippen LogP contribution >= 0.6 is 0 Å². The van der Waals surface area contributed by atoms with Crippen molar-refractivity contribution >= 4 is 11.8 Å². The van der Waals surface area contributed by atoms with Gasteiger partial charge < -0.3 is 11.5 Å². The van der Waals surface area contributed by atoms with Gasteiger partial charge in [-0.05, 0) is 41.5 Å². The van der Waals surface area contributed by atoms with E-state index in [4.69, 9.17) is 11.5 Å². The number of rotatable bonds is 5. The zero-order chi connectivity index (χ0) is 15.4. The molecule has 0 atom stereocenters. The zero-order valence-electron chi connectivity index (χ0n) is 13.1. The van der Waals surface area contributed by atoms with Gasteiger partial charge in [-0.15, -0.1) is 0 Å². The summed E-state index contributed by atoms with van der Waals surface area (Å²) in [6, 6.07) is 4.57. The van der Waals surface area contributed by atoms with E-state index in [0.29, 0.717) is 5.82 Å². The Kier molecular flexibility index (Phi) is 4.78. The molecule has 1 aromatic carbocycles. The second-order valence-electron chi connectivity index (χ2n) is 5.27. The molecule has 1 heterocycles. The molecule has 2 rings (SSSR count). The van der Waals surface area contributed by atoms with Crippen molar-refractivity contribution in [2.24, 2.45) is 0 Å². The summed E-state index contributed by atoms with van der Waals surface area (Å²) in [7, 11) is 0. The van der Waals surface area contributed by atoms with Crippen LogP contribution in [-0.2, 0) is 25.7 Å². The van der Waals surface area contributed by atoms with Crippen LogP contribution in [0.3, 0.4) is 0 Å². The maximum atomic E-state index is 5.94. The van der Waals surface area contributed by atoms with Gasteiger partial charge in [0.15, 0.2) is 0 Å². The molecule has 4 heteroatoms. The lowest BCUT2D eigenvalue weighted by Crippen LogP contribution is -2.05. The molecule has 1 aromatic heterocycles. The van der Waals surface area contributed by atoms with Crippen molar-refractivity contribution < 1.29 is 0 Å². The highest BCUT2D eigenvalue weighted by Crippen LogP contribution is 2.23. The van der Waals surface area contributed by atoms with Gasteiger partial charge in [-0.3, -0.25) is 0 Å². The number of nitrogens with zero attached hydrogens (tertiary/aromatic N) is 2. The van der Waals surface area contributed by atoms with Gasteiger partial charge in [0.05, 0.1) is 0 Å². The van der Waals surface area contributed by atoms with Crippen LogP contribution in [0, 0.1) is 0 Å². The average molecular weight is 284 g/mol. The Hall–Kier alpha value is -2.10. The van der Waals surface area contributed by atoms with Gasteiger partial charge in [-0.1, -0.05) is 32.9 Å². The number of hydrogen-bond acceptors (Lipinski definition) is 4. The van der Waals surface area contributed by atoms with E-state index < -0.39 is 0 Å². The van der Waals surface area contributed by atoms with Gasteiger partial charge in [-0.25, -0.2) is 4.98 Å². The maximum absolute atomic E-state index is 5.94. The highest BCUT2D eigenvalue weighted by Gasteiger charge is 2.10. The van der Waals surface area contributed by atoms with Crippen LogP contribution in [0.15, 0.2) is 18.3 Å². The summed E-state index contributed by atoms with van der Waals surface area (Å²) in [6.07, 6.45) is 5.66. The van der Waals surface area contributed by atoms with Gasteiger partial charge in [0.2, 0.25) is 5.95 Å². The second-order valence-corrected chi connectivity index (χ2v) is 5.27. The Balaban J connectivity index is 2.40. The fraction of sp³-hybridized carbons (Fsp3) is 0.412.